The summed E-state index contributed by atoms with van der Waals surface area (Å²) < 4.78 is 0. The van der Waals surface area contributed by atoms with Crippen molar-refractivity contribution < 1.29 is 0 Å². The highest BCUT2D eigenvalue weighted by Crippen LogP contribution is 2.48. The van der Waals surface area contributed by atoms with Crippen LogP contribution in [0.4, 0.5) is 5.00 Å². The first-order chi connectivity index (χ1) is 10.5. The van der Waals surface area contributed by atoms with Crippen molar-refractivity contribution in [1.82, 2.24) is 9.80 Å². The van der Waals surface area contributed by atoms with Crippen LogP contribution in [0.25, 0.3) is 0 Å². The van der Waals surface area contributed by atoms with Gasteiger partial charge in [0, 0.05) is 36.8 Å². The highest BCUT2D eigenvalue weighted by atomic mass is 32.1. The van der Waals surface area contributed by atoms with E-state index in [2.05, 4.69) is 66.6 Å². The van der Waals surface area contributed by atoms with Crippen molar-refractivity contribution in [3.8, 4) is 0 Å². The van der Waals surface area contributed by atoms with E-state index in [4.69, 9.17) is 0 Å². The number of hydrogen-bond donors (Lipinski definition) is 0. The van der Waals surface area contributed by atoms with Crippen molar-refractivity contribution in [2.75, 3.05) is 45.2 Å². The molecule has 120 valence electrons. The Balaban J connectivity index is 1.64. The molecular weight excluding hydrogens is 290 g/mol. The average molecular weight is 318 g/mol. The van der Waals surface area contributed by atoms with Crippen molar-refractivity contribution in [3.63, 3.8) is 0 Å². The minimum atomic E-state index is 0.369. The first-order valence-corrected chi connectivity index (χ1v) is 8.91. The summed E-state index contributed by atoms with van der Waals surface area (Å²) in [7, 11) is 4.18. The van der Waals surface area contributed by atoms with Crippen molar-refractivity contribution >= 4 is 16.3 Å². The van der Waals surface area contributed by atoms with Crippen LogP contribution in [0, 0.1) is 6.92 Å². The zero-order chi connectivity index (χ0) is 15.7. The van der Waals surface area contributed by atoms with Crippen LogP contribution in [-0.4, -0.2) is 55.6 Å². The van der Waals surface area contributed by atoms with E-state index >= 15 is 0 Å². The molecule has 0 amide bonds. The van der Waals surface area contributed by atoms with E-state index in [0.717, 1.165) is 31.9 Å². The van der Waals surface area contributed by atoms with Gasteiger partial charge >= 0.3 is 0 Å². The first-order valence-electron chi connectivity index (χ1n) is 8.09. The molecule has 4 heteroatoms. The summed E-state index contributed by atoms with van der Waals surface area (Å²) in [5, 5.41) is 1.45. The van der Waals surface area contributed by atoms with Crippen molar-refractivity contribution in [2.45, 2.75) is 25.3 Å². The van der Waals surface area contributed by atoms with E-state index in [-0.39, 0.29) is 0 Å². The zero-order valence-electron chi connectivity index (χ0n) is 14.0. The smallest absolute Gasteiger partial charge is 0.0917 e. The molecule has 3 nitrogen and oxygen atoms in total. The summed E-state index contributed by atoms with van der Waals surface area (Å²) in [5.74, 6) is 0. The zero-order valence-corrected chi connectivity index (χ0v) is 14.8. The lowest BCUT2D eigenvalue weighted by molar-refractivity contribution is 0.273. The normalized spacial score (nSPS) is 20.4. The Hall–Kier alpha value is -1.26. The van der Waals surface area contributed by atoms with Gasteiger partial charge in [0.25, 0.3) is 0 Å². The van der Waals surface area contributed by atoms with E-state index in [1.807, 2.05) is 11.3 Å². The molecule has 1 aliphatic carbocycles. The second-order valence-corrected chi connectivity index (χ2v) is 8.10. The monoisotopic (exact) mass is 317 g/mol. The highest BCUT2D eigenvalue weighted by Gasteiger charge is 2.51. The van der Waals surface area contributed by atoms with Gasteiger partial charge in [0.1, 0.15) is 0 Å². The molecule has 2 heterocycles. The molecule has 1 spiro atoms. The fourth-order valence-corrected chi connectivity index (χ4v) is 4.21. The van der Waals surface area contributed by atoms with E-state index < -0.39 is 0 Å². The number of hydrogen-bond acceptors (Lipinski definition) is 4. The summed E-state index contributed by atoms with van der Waals surface area (Å²) in [4.78, 5) is 8.70. The van der Waals surface area contributed by atoms with Crippen LogP contribution >= 0.6 is 11.3 Å². The Morgan fingerprint density at radius 2 is 2.14 bits per heavy atom. The van der Waals surface area contributed by atoms with E-state index in [0.29, 0.717) is 5.54 Å². The van der Waals surface area contributed by atoms with Crippen LogP contribution in [0.3, 0.4) is 0 Å². The van der Waals surface area contributed by atoms with Gasteiger partial charge < -0.3 is 14.7 Å². The summed E-state index contributed by atoms with van der Waals surface area (Å²) in [5.41, 5.74) is 1.53. The summed E-state index contributed by atoms with van der Waals surface area (Å²) >= 11 is 1.93. The van der Waals surface area contributed by atoms with Gasteiger partial charge in [0.15, 0.2) is 0 Å². The number of allylic oxidation sites excluding steroid dienone is 1. The van der Waals surface area contributed by atoms with Gasteiger partial charge in [-0.25, -0.2) is 0 Å². The van der Waals surface area contributed by atoms with Crippen LogP contribution in [-0.2, 0) is 0 Å². The third-order valence-corrected chi connectivity index (χ3v) is 5.68. The molecule has 0 N–H and O–H groups in total. The Morgan fingerprint density at radius 3 is 2.73 bits per heavy atom. The van der Waals surface area contributed by atoms with Crippen LogP contribution in [0.5, 0.6) is 0 Å². The van der Waals surface area contributed by atoms with E-state index in [9.17, 15) is 0 Å². The molecule has 1 saturated carbocycles. The summed E-state index contributed by atoms with van der Waals surface area (Å²) in [6.07, 6.45) is 7.02. The lowest BCUT2D eigenvalue weighted by Gasteiger charge is -2.44. The molecule has 3 rings (SSSR count). The number of likely N-dealkylation sites (N-methyl/N-ethyl adjacent to an activating group) is 1. The van der Waals surface area contributed by atoms with Crippen LogP contribution in [0.1, 0.15) is 17.7 Å². The van der Waals surface area contributed by atoms with Crippen molar-refractivity contribution in [1.29, 1.82) is 0 Å². The van der Waals surface area contributed by atoms with Crippen molar-refractivity contribution in [3.05, 3.63) is 41.4 Å². The maximum Gasteiger partial charge on any atom is 0.0917 e. The second-order valence-electron chi connectivity index (χ2n) is 6.84. The van der Waals surface area contributed by atoms with Crippen LogP contribution in [0.15, 0.2) is 36.6 Å². The number of nitrogens with zero attached hydrogens (tertiary/aromatic N) is 3. The Kier molecular flexibility index (Phi) is 4.33. The predicted octanol–water partition coefficient (Wildman–Crippen LogP) is 3.34. The van der Waals surface area contributed by atoms with Crippen molar-refractivity contribution in [2.24, 2.45) is 0 Å². The molecule has 1 aromatic rings. The Bertz CT molecular complexity index is 569. The van der Waals surface area contributed by atoms with Gasteiger partial charge in [-0.1, -0.05) is 12.7 Å². The third-order valence-electron chi connectivity index (χ3n) is 4.66. The molecule has 0 bridgehead atoms. The fourth-order valence-electron chi connectivity index (χ4n) is 3.21. The fraction of sp³-hybridized carbons (Fsp3) is 0.556. The molecule has 2 fully saturated rings. The second kappa shape index (κ2) is 6.09. The molecular formula is C18H27N3S. The maximum absolute atomic E-state index is 4.28. The molecule has 0 unspecified atom stereocenters. The Morgan fingerprint density at radius 1 is 1.36 bits per heavy atom. The number of piperazine rings is 1. The largest absolute Gasteiger partial charge is 0.368 e. The molecule has 1 aliphatic heterocycles. The maximum atomic E-state index is 4.28. The van der Waals surface area contributed by atoms with Gasteiger partial charge in [-0.15, -0.1) is 11.3 Å². The topological polar surface area (TPSA) is 9.72 Å². The SMILES string of the molecule is C=C(/C=C/CN(C)C)N1CCN(c2ccc(C)s2)C2(CC2)C1. The Labute approximate surface area is 138 Å². The van der Waals surface area contributed by atoms with Gasteiger partial charge in [-0.2, -0.15) is 0 Å². The van der Waals surface area contributed by atoms with E-state index in [1.165, 1.54) is 22.7 Å². The van der Waals surface area contributed by atoms with E-state index in [1.54, 1.807) is 0 Å². The minimum absolute atomic E-state index is 0.369. The number of thiophene rings is 1. The summed E-state index contributed by atoms with van der Waals surface area (Å²) in [6, 6.07) is 4.53. The van der Waals surface area contributed by atoms with Gasteiger partial charge in [-0.05, 0) is 52.1 Å². The average Bonchev–Trinajstić information content (AvgIpc) is 3.09. The summed E-state index contributed by atoms with van der Waals surface area (Å²) in [6.45, 7) is 10.7. The quantitative estimate of drug-likeness (QED) is 0.771. The molecule has 0 atom stereocenters. The lowest BCUT2D eigenvalue weighted by Crippen LogP contribution is -2.54. The third kappa shape index (κ3) is 3.23. The van der Waals surface area contributed by atoms with Crippen LogP contribution in [0.2, 0.25) is 0 Å². The number of anilines is 1. The molecule has 22 heavy (non-hydrogen) atoms. The van der Waals surface area contributed by atoms with Crippen LogP contribution < -0.4 is 4.90 Å². The minimum Gasteiger partial charge on any atom is -0.368 e. The highest BCUT2D eigenvalue weighted by molar-refractivity contribution is 7.16. The predicted molar refractivity (Wildman–Crippen MR) is 96.8 cm³/mol. The van der Waals surface area contributed by atoms with Gasteiger partial charge in [0.2, 0.25) is 0 Å². The van der Waals surface area contributed by atoms with Gasteiger partial charge in [-0.3, -0.25) is 0 Å². The lowest BCUT2D eigenvalue weighted by atomic mass is 10.1. The van der Waals surface area contributed by atoms with Gasteiger partial charge in [0.05, 0.1) is 10.5 Å². The number of aryl methyl sites for hydroxylation is 1. The molecule has 1 saturated heterocycles. The molecule has 0 aromatic carbocycles. The molecule has 1 aromatic heterocycles. The first kappa shape index (κ1) is 15.6. The number of rotatable bonds is 5. The standard InChI is InChI=1S/C18H27N3S/c1-15(6-5-11-19(3)4)20-12-13-21(18(14-20)9-10-18)17-8-7-16(2)22-17/h5-8H,1,9-14H2,2-4H3/b6-5+. The molecule has 0 radical (unpaired) electrons. The molecule has 2 aliphatic rings.